The maximum atomic E-state index is 13.7. The van der Waals surface area contributed by atoms with Crippen LogP contribution in [0.5, 0.6) is 0 Å². The summed E-state index contributed by atoms with van der Waals surface area (Å²) in [6.07, 6.45) is -1.27. The molecule has 2 aromatic rings. The van der Waals surface area contributed by atoms with Crippen LogP contribution in [0, 0.1) is 11.6 Å². The molecule has 1 aliphatic heterocycles. The number of benzene rings is 2. The number of halogens is 5. The van der Waals surface area contributed by atoms with Gasteiger partial charge in [0.1, 0.15) is 24.0 Å². The summed E-state index contributed by atoms with van der Waals surface area (Å²) in [7, 11) is 0. The Bertz CT molecular complexity index is 901. The van der Waals surface area contributed by atoms with Crippen LogP contribution in [0.25, 0.3) is 0 Å². The molecule has 27 heavy (non-hydrogen) atoms. The van der Waals surface area contributed by atoms with E-state index in [-0.39, 0.29) is 24.4 Å². The molecule has 1 heterocycles. The summed E-state index contributed by atoms with van der Waals surface area (Å²) in [6, 6.07) is 8.53. The Morgan fingerprint density at radius 2 is 1.81 bits per heavy atom. The summed E-state index contributed by atoms with van der Waals surface area (Å²) in [6.45, 7) is 1.74. The maximum Gasteiger partial charge on any atom is 0.418 e. The van der Waals surface area contributed by atoms with Gasteiger partial charge < -0.3 is 9.64 Å². The second kappa shape index (κ2) is 7.42. The topological polar surface area (TPSA) is 12.5 Å². The molecule has 0 amide bonds. The quantitative estimate of drug-likeness (QED) is 0.620. The van der Waals surface area contributed by atoms with Crippen molar-refractivity contribution in [2.45, 2.75) is 19.7 Å². The fraction of sp³-hybridized carbons (Fsp3) is 0.200. The predicted octanol–water partition coefficient (Wildman–Crippen LogP) is 5.81. The van der Waals surface area contributed by atoms with Gasteiger partial charge in [-0.2, -0.15) is 13.2 Å². The van der Waals surface area contributed by atoms with Crippen molar-refractivity contribution in [3.63, 3.8) is 0 Å². The summed E-state index contributed by atoms with van der Waals surface area (Å²) < 4.78 is 71.8. The minimum Gasteiger partial charge on any atom is -0.489 e. The lowest BCUT2D eigenvalue weighted by Crippen LogP contribution is -2.27. The molecule has 2 aromatic carbocycles. The Labute approximate surface area is 153 Å². The van der Waals surface area contributed by atoms with Crippen molar-refractivity contribution in [1.29, 1.82) is 0 Å². The Balaban J connectivity index is 1.74. The van der Waals surface area contributed by atoms with Gasteiger partial charge >= 0.3 is 6.18 Å². The predicted molar refractivity (Wildman–Crippen MR) is 91.8 cm³/mol. The van der Waals surface area contributed by atoms with Crippen LogP contribution in [0.15, 0.2) is 66.1 Å². The van der Waals surface area contributed by atoms with Crippen LogP contribution in [0.2, 0.25) is 0 Å². The molecule has 2 nitrogen and oxygen atoms in total. The Hall–Kier alpha value is -2.83. The van der Waals surface area contributed by atoms with E-state index in [0.717, 1.165) is 18.2 Å². The molecule has 0 aliphatic carbocycles. The molecule has 3 rings (SSSR count). The highest BCUT2D eigenvalue weighted by molar-refractivity contribution is 5.61. The molecule has 0 atom stereocenters. The Kier molecular flexibility index (Phi) is 5.21. The average molecular weight is 381 g/mol. The van der Waals surface area contributed by atoms with Gasteiger partial charge in [0, 0.05) is 23.9 Å². The molecule has 0 saturated carbocycles. The van der Waals surface area contributed by atoms with Gasteiger partial charge in [-0.15, -0.1) is 0 Å². The van der Waals surface area contributed by atoms with Gasteiger partial charge in [0.2, 0.25) is 0 Å². The summed E-state index contributed by atoms with van der Waals surface area (Å²) in [5.41, 5.74) is 0.0829. The first-order chi connectivity index (χ1) is 12.8. The highest BCUT2D eigenvalue weighted by atomic mass is 19.4. The van der Waals surface area contributed by atoms with E-state index in [0.29, 0.717) is 11.5 Å². The zero-order valence-electron chi connectivity index (χ0n) is 14.4. The number of para-hydroxylation sites is 1. The van der Waals surface area contributed by atoms with Crippen molar-refractivity contribution in [3.8, 4) is 0 Å². The minimum atomic E-state index is -4.46. The van der Waals surface area contributed by atoms with Gasteiger partial charge in [0.05, 0.1) is 11.3 Å². The monoisotopic (exact) mass is 381 g/mol. The third-order valence-electron chi connectivity index (χ3n) is 4.16. The summed E-state index contributed by atoms with van der Waals surface area (Å²) >= 11 is 0. The standard InChI is InChI=1S/C20H16F5NO/c1-13-10-16(27-12-14-6-7-15(21)11-18(14)22)8-9-26(13)19-5-3-2-4-17(19)20(23,24)25/h2-8,10-11H,9,12H2,1H3. The number of hydrogen-bond acceptors (Lipinski definition) is 2. The first-order valence-electron chi connectivity index (χ1n) is 8.14. The Morgan fingerprint density at radius 1 is 1.07 bits per heavy atom. The lowest BCUT2D eigenvalue weighted by atomic mass is 10.1. The molecule has 0 saturated heterocycles. The normalized spacial score (nSPS) is 14.7. The van der Waals surface area contributed by atoms with Gasteiger partial charge in [0.25, 0.3) is 0 Å². The molecular formula is C20H16F5NO. The average Bonchev–Trinajstić information content (AvgIpc) is 2.60. The first kappa shape index (κ1) is 18.9. The molecule has 0 fully saturated rings. The van der Waals surface area contributed by atoms with Crippen molar-refractivity contribution in [2.24, 2.45) is 0 Å². The number of allylic oxidation sites excluding steroid dienone is 2. The van der Waals surface area contributed by atoms with E-state index in [1.807, 2.05) is 0 Å². The molecule has 0 aromatic heterocycles. The summed E-state index contributed by atoms with van der Waals surface area (Å²) in [4.78, 5) is 1.52. The fourth-order valence-corrected chi connectivity index (χ4v) is 2.81. The van der Waals surface area contributed by atoms with Gasteiger partial charge in [-0.3, -0.25) is 0 Å². The Morgan fingerprint density at radius 3 is 2.48 bits per heavy atom. The molecule has 0 unspecified atom stereocenters. The molecule has 1 aliphatic rings. The number of anilines is 1. The van der Waals surface area contributed by atoms with Crippen molar-refractivity contribution >= 4 is 5.69 Å². The van der Waals surface area contributed by atoms with Gasteiger partial charge in [-0.05, 0) is 43.3 Å². The third kappa shape index (κ3) is 4.30. The molecule has 0 bridgehead atoms. The van der Waals surface area contributed by atoms with Crippen LogP contribution in [0.1, 0.15) is 18.1 Å². The van der Waals surface area contributed by atoms with Crippen molar-refractivity contribution in [3.05, 3.63) is 88.8 Å². The number of alkyl halides is 3. The second-order valence-electron chi connectivity index (χ2n) is 6.04. The van der Waals surface area contributed by atoms with Crippen LogP contribution >= 0.6 is 0 Å². The third-order valence-corrected chi connectivity index (χ3v) is 4.16. The molecule has 0 N–H and O–H groups in total. The lowest BCUT2D eigenvalue weighted by Gasteiger charge is -2.30. The van der Waals surface area contributed by atoms with Crippen molar-refractivity contribution < 1.29 is 26.7 Å². The van der Waals surface area contributed by atoms with Crippen molar-refractivity contribution in [1.82, 2.24) is 0 Å². The number of rotatable bonds is 4. The van der Waals surface area contributed by atoms with E-state index < -0.39 is 23.4 Å². The SMILES string of the molecule is CC1=CC(OCc2ccc(F)cc2F)=CCN1c1ccccc1C(F)(F)F. The summed E-state index contributed by atoms with van der Waals surface area (Å²) in [5.74, 6) is -0.979. The smallest absolute Gasteiger partial charge is 0.418 e. The molecule has 0 radical (unpaired) electrons. The van der Waals surface area contributed by atoms with Gasteiger partial charge in [-0.1, -0.05) is 12.1 Å². The van der Waals surface area contributed by atoms with Crippen LogP contribution in [0.3, 0.4) is 0 Å². The number of ether oxygens (including phenoxy) is 1. The van der Waals surface area contributed by atoms with Gasteiger partial charge in [-0.25, -0.2) is 8.78 Å². The van der Waals surface area contributed by atoms with Crippen LogP contribution in [-0.4, -0.2) is 6.54 Å². The number of hydrogen-bond donors (Lipinski definition) is 0. The second-order valence-corrected chi connectivity index (χ2v) is 6.04. The molecule has 142 valence electrons. The van der Waals surface area contributed by atoms with E-state index in [9.17, 15) is 22.0 Å². The van der Waals surface area contributed by atoms with E-state index in [1.165, 1.54) is 23.1 Å². The largest absolute Gasteiger partial charge is 0.489 e. The lowest BCUT2D eigenvalue weighted by molar-refractivity contribution is -0.137. The van der Waals surface area contributed by atoms with Crippen LogP contribution in [-0.2, 0) is 17.5 Å². The number of nitrogens with zero attached hydrogens (tertiary/aromatic N) is 1. The first-order valence-corrected chi connectivity index (χ1v) is 8.14. The van der Waals surface area contributed by atoms with Crippen LogP contribution in [0.4, 0.5) is 27.6 Å². The van der Waals surface area contributed by atoms with E-state index in [1.54, 1.807) is 25.1 Å². The molecular weight excluding hydrogens is 365 g/mol. The van der Waals surface area contributed by atoms with Gasteiger partial charge in [0.15, 0.2) is 0 Å². The van der Waals surface area contributed by atoms with Crippen molar-refractivity contribution in [2.75, 3.05) is 11.4 Å². The zero-order chi connectivity index (χ0) is 19.6. The van der Waals surface area contributed by atoms with E-state index >= 15 is 0 Å². The highest BCUT2D eigenvalue weighted by Crippen LogP contribution is 2.38. The summed E-state index contributed by atoms with van der Waals surface area (Å²) in [5, 5.41) is 0. The van der Waals surface area contributed by atoms with Crippen LogP contribution < -0.4 is 4.90 Å². The minimum absolute atomic E-state index is 0.0543. The molecule has 7 heteroatoms. The van der Waals surface area contributed by atoms with E-state index in [2.05, 4.69) is 0 Å². The fourth-order valence-electron chi connectivity index (χ4n) is 2.81. The molecule has 0 spiro atoms. The maximum absolute atomic E-state index is 13.7. The highest BCUT2D eigenvalue weighted by Gasteiger charge is 2.35. The van der Waals surface area contributed by atoms with E-state index in [4.69, 9.17) is 4.74 Å². The zero-order valence-corrected chi connectivity index (χ0v) is 14.4.